The van der Waals surface area contributed by atoms with E-state index in [1.165, 1.54) is 11.6 Å². The maximum absolute atomic E-state index is 12.0. The lowest BCUT2D eigenvalue weighted by Gasteiger charge is -2.10. The molecular formula is C16H17NO2. The number of aryl methyl sites for hydroxylation is 1. The minimum atomic E-state index is -0.260. The van der Waals surface area contributed by atoms with Gasteiger partial charge in [0.2, 0.25) is 0 Å². The Labute approximate surface area is 112 Å². The van der Waals surface area contributed by atoms with Crippen LogP contribution in [0.4, 0.5) is 0 Å². The van der Waals surface area contributed by atoms with Gasteiger partial charge in [0.25, 0.3) is 5.91 Å². The zero-order valence-corrected chi connectivity index (χ0v) is 10.9. The van der Waals surface area contributed by atoms with Gasteiger partial charge in [-0.15, -0.1) is 0 Å². The van der Waals surface area contributed by atoms with Crippen molar-refractivity contribution in [3.05, 3.63) is 65.2 Å². The summed E-state index contributed by atoms with van der Waals surface area (Å²) in [5.74, 6) is -0.257. The van der Waals surface area contributed by atoms with Crippen LogP contribution in [-0.2, 0) is 13.0 Å². The molecule has 19 heavy (non-hydrogen) atoms. The van der Waals surface area contributed by atoms with E-state index in [1.807, 2.05) is 18.2 Å². The van der Waals surface area contributed by atoms with Crippen LogP contribution in [0.2, 0.25) is 0 Å². The summed E-state index contributed by atoms with van der Waals surface area (Å²) >= 11 is 0. The summed E-state index contributed by atoms with van der Waals surface area (Å²) in [6.07, 6.45) is 0.933. The lowest BCUT2D eigenvalue weighted by molar-refractivity contribution is 0.0948. The number of amides is 1. The van der Waals surface area contributed by atoms with E-state index < -0.39 is 0 Å². The van der Waals surface area contributed by atoms with E-state index in [1.54, 1.807) is 18.2 Å². The largest absolute Gasteiger partial charge is 0.507 e. The zero-order chi connectivity index (χ0) is 13.7. The molecule has 2 aromatic carbocycles. The number of nitrogens with one attached hydrogen (secondary N) is 1. The molecule has 2 N–H and O–H groups in total. The number of aromatic hydroxyl groups is 1. The Hall–Kier alpha value is -2.29. The second kappa shape index (κ2) is 6.05. The highest BCUT2D eigenvalue weighted by atomic mass is 16.3. The van der Waals surface area contributed by atoms with Gasteiger partial charge in [-0.3, -0.25) is 4.79 Å². The molecule has 0 bridgehead atoms. The van der Waals surface area contributed by atoms with Crippen molar-refractivity contribution in [1.82, 2.24) is 5.32 Å². The van der Waals surface area contributed by atoms with Crippen molar-refractivity contribution >= 4 is 5.91 Å². The molecule has 2 aromatic rings. The number of carbonyl (C=O) groups is 1. The minimum Gasteiger partial charge on any atom is -0.507 e. The fraction of sp³-hybridized carbons (Fsp3) is 0.188. The molecule has 0 heterocycles. The van der Waals surface area contributed by atoms with Crippen molar-refractivity contribution in [3.8, 4) is 5.75 Å². The molecule has 3 heteroatoms. The van der Waals surface area contributed by atoms with Gasteiger partial charge in [-0.25, -0.2) is 0 Å². The van der Waals surface area contributed by atoms with Crippen LogP contribution in [0.5, 0.6) is 5.75 Å². The van der Waals surface area contributed by atoms with Crippen molar-refractivity contribution in [2.24, 2.45) is 0 Å². The predicted molar refractivity (Wildman–Crippen MR) is 75.1 cm³/mol. The molecule has 0 atom stereocenters. The maximum atomic E-state index is 12.0. The van der Waals surface area contributed by atoms with E-state index in [2.05, 4.69) is 18.3 Å². The smallest absolute Gasteiger partial charge is 0.255 e. The molecule has 0 saturated heterocycles. The van der Waals surface area contributed by atoms with Gasteiger partial charge in [0.05, 0.1) is 5.56 Å². The van der Waals surface area contributed by atoms with E-state index in [4.69, 9.17) is 0 Å². The summed E-state index contributed by atoms with van der Waals surface area (Å²) < 4.78 is 0. The number of carbonyl (C=O) groups excluding carboxylic acids is 1. The second-order valence-electron chi connectivity index (χ2n) is 4.32. The molecule has 0 unspecified atom stereocenters. The van der Waals surface area contributed by atoms with Crippen LogP contribution in [0.15, 0.2) is 48.5 Å². The van der Waals surface area contributed by atoms with Gasteiger partial charge in [-0.05, 0) is 29.7 Å². The third-order valence-electron chi connectivity index (χ3n) is 3.09. The lowest BCUT2D eigenvalue weighted by atomic mass is 10.1. The summed E-state index contributed by atoms with van der Waals surface area (Å²) in [6.45, 7) is 2.56. The molecule has 0 aromatic heterocycles. The molecule has 0 saturated carbocycles. The van der Waals surface area contributed by atoms with Gasteiger partial charge >= 0.3 is 0 Å². The monoisotopic (exact) mass is 255 g/mol. The molecule has 0 aliphatic rings. The molecule has 3 nitrogen and oxygen atoms in total. The first-order chi connectivity index (χ1) is 9.22. The number of para-hydroxylation sites is 1. The summed E-state index contributed by atoms with van der Waals surface area (Å²) in [7, 11) is 0. The standard InChI is InChI=1S/C16H17NO2/c1-2-12-7-3-4-8-13(12)11-17-16(19)14-9-5-6-10-15(14)18/h3-10,18H,2,11H2,1H3,(H,17,19). The van der Waals surface area contributed by atoms with Crippen molar-refractivity contribution in [2.45, 2.75) is 19.9 Å². The number of benzene rings is 2. The van der Waals surface area contributed by atoms with E-state index in [9.17, 15) is 9.90 Å². The lowest BCUT2D eigenvalue weighted by Crippen LogP contribution is -2.23. The number of phenols is 1. The molecule has 2 rings (SSSR count). The Morgan fingerprint density at radius 1 is 1.05 bits per heavy atom. The molecule has 0 fully saturated rings. The predicted octanol–water partition coefficient (Wildman–Crippen LogP) is 2.88. The highest BCUT2D eigenvalue weighted by Gasteiger charge is 2.10. The number of hydrogen-bond acceptors (Lipinski definition) is 2. The van der Waals surface area contributed by atoms with Crippen LogP contribution in [-0.4, -0.2) is 11.0 Å². The number of phenolic OH excluding ortho intramolecular Hbond substituents is 1. The van der Waals surface area contributed by atoms with Crippen molar-refractivity contribution in [1.29, 1.82) is 0 Å². The first kappa shape index (κ1) is 13.1. The summed E-state index contributed by atoms with van der Waals surface area (Å²) in [5, 5.41) is 12.4. The normalized spacial score (nSPS) is 10.2. The molecule has 0 radical (unpaired) electrons. The van der Waals surface area contributed by atoms with Crippen LogP contribution < -0.4 is 5.32 Å². The maximum Gasteiger partial charge on any atom is 0.255 e. The summed E-state index contributed by atoms with van der Waals surface area (Å²) in [4.78, 5) is 12.0. The number of rotatable bonds is 4. The Kier molecular flexibility index (Phi) is 4.18. The van der Waals surface area contributed by atoms with Gasteiger partial charge in [0.1, 0.15) is 5.75 Å². The Morgan fingerprint density at radius 3 is 2.37 bits per heavy atom. The molecule has 0 aliphatic heterocycles. The van der Waals surface area contributed by atoms with Gasteiger partial charge in [0, 0.05) is 6.54 Å². The topological polar surface area (TPSA) is 49.3 Å². The van der Waals surface area contributed by atoms with E-state index in [0.29, 0.717) is 12.1 Å². The quantitative estimate of drug-likeness (QED) is 0.882. The average molecular weight is 255 g/mol. The van der Waals surface area contributed by atoms with Gasteiger partial charge in [-0.1, -0.05) is 43.3 Å². The SMILES string of the molecule is CCc1ccccc1CNC(=O)c1ccccc1O. The molecule has 0 spiro atoms. The van der Waals surface area contributed by atoms with Crippen LogP contribution in [0.25, 0.3) is 0 Å². The minimum absolute atomic E-state index is 0.00350. The molecule has 0 aliphatic carbocycles. The van der Waals surface area contributed by atoms with Crippen molar-refractivity contribution < 1.29 is 9.90 Å². The van der Waals surface area contributed by atoms with Gasteiger partial charge in [-0.2, -0.15) is 0 Å². The third-order valence-corrected chi connectivity index (χ3v) is 3.09. The highest BCUT2D eigenvalue weighted by Crippen LogP contribution is 2.15. The van der Waals surface area contributed by atoms with Crippen LogP contribution in [0.3, 0.4) is 0 Å². The first-order valence-electron chi connectivity index (χ1n) is 6.35. The van der Waals surface area contributed by atoms with Gasteiger partial charge < -0.3 is 10.4 Å². The Bertz CT molecular complexity index is 578. The van der Waals surface area contributed by atoms with Crippen molar-refractivity contribution in [2.75, 3.05) is 0 Å². The fourth-order valence-corrected chi connectivity index (χ4v) is 2.01. The zero-order valence-electron chi connectivity index (χ0n) is 10.9. The molecular weight excluding hydrogens is 238 g/mol. The van der Waals surface area contributed by atoms with E-state index in [0.717, 1.165) is 12.0 Å². The number of hydrogen-bond donors (Lipinski definition) is 2. The molecule has 98 valence electrons. The second-order valence-corrected chi connectivity index (χ2v) is 4.32. The Balaban J connectivity index is 2.07. The van der Waals surface area contributed by atoms with Crippen molar-refractivity contribution in [3.63, 3.8) is 0 Å². The van der Waals surface area contributed by atoms with E-state index >= 15 is 0 Å². The van der Waals surface area contributed by atoms with Crippen LogP contribution in [0.1, 0.15) is 28.4 Å². The fourth-order valence-electron chi connectivity index (χ4n) is 2.01. The highest BCUT2D eigenvalue weighted by molar-refractivity contribution is 5.96. The summed E-state index contributed by atoms with van der Waals surface area (Å²) in [5.41, 5.74) is 2.63. The first-order valence-corrected chi connectivity index (χ1v) is 6.35. The van der Waals surface area contributed by atoms with E-state index in [-0.39, 0.29) is 11.7 Å². The summed E-state index contributed by atoms with van der Waals surface area (Å²) in [6, 6.07) is 14.6. The van der Waals surface area contributed by atoms with Gasteiger partial charge in [0.15, 0.2) is 0 Å². The molecule has 1 amide bonds. The third kappa shape index (κ3) is 3.13. The van der Waals surface area contributed by atoms with Crippen LogP contribution >= 0.6 is 0 Å². The van der Waals surface area contributed by atoms with Crippen LogP contribution in [0, 0.1) is 0 Å². The Morgan fingerprint density at radius 2 is 1.68 bits per heavy atom. The average Bonchev–Trinajstić information content (AvgIpc) is 2.45.